The van der Waals surface area contributed by atoms with Crippen LogP contribution in [0, 0.1) is 0 Å². The second kappa shape index (κ2) is 7.26. The number of aryl methyl sites for hydroxylation is 1. The molecular weight excluding hydrogens is 334 g/mol. The minimum Gasteiger partial charge on any atom is -0.309 e. The van der Waals surface area contributed by atoms with E-state index in [2.05, 4.69) is 58.5 Å². The van der Waals surface area contributed by atoms with Crippen molar-refractivity contribution in [3.63, 3.8) is 0 Å². The van der Waals surface area contributed by atoms with Gasteiger partial charge in [0.25, 0.3) is 0 Å². The third-order valence-electron chi connectivity index (χ3n) is 3.39. The Hall–Kier alpha value is -0.830. The highest BCUT2D eigenvalue weighted by molar-refractivity contribution is 9.10. The van der Waals surface area contributed by atoms with Gasteiger partial charge >= 0.3 is 0 Å². The molecule has 20 heavy (non-hydrogen) atoms. The quantitative estimate of drug-likeness (QED) is 0.763. The zero-order valence-corrected chi connectivity index (χ0v) is 14.1. The van der Waals surface area contributed by atoms with Crippen molar-refractivity contribution in [3.05, 3.63) is 68.7 Å². The summed E-state index contributed by atoms with van der Waals surface area (Å²) >= 11 is 9.65. The van der Waals surface area contributed by atoms with E-state index in [-0.39, 0.29) is 6.04 Å². The summed E-state index contributed by atoms with van der Waals surface area (Å²) in [5.74, 6) is 0. The molecule has 1 atom stereocenters. The molecule has 2 aromatic carbocycles. The van der Waals surface area contributed by atoms with Crippen molar-refractivity contribution < 1.29 is 0 Å². The highest BCUT2D eigenvalue weighted by Gasteiger charge is 2.13. The van der Waals surface area contributed by atoms with Crippen LogP contribution in [0.15, 0.2) is 46.9 Å². The maximum Gasteiger partial charge on any atom is 0.0574 e. The van der Waals surface area contributed by atoms with E-state index in [0.717, 1.165) is 22.3 Å². The van der Waals surface area contributed by atoms with Crippen molar-refractivity contribution in [3.8, 4) is 0 Å². The Morgan fingerprint density at radius 3 is 2.55 bits per heavy atom. The molecule has 1 nitrogen and oxygen atoms in total. The van der Waals surface area contributed by atoms with E-state index >= 15 is 0 Å². The fourth-order valence-corrected chi connectivity index (χ4v) is 2.87. The Morgan fingerprint density at radius 2 is 1.90 bits per heavy atom. The Kier molecular flexibility index (Phi) is 5.64. The predicted octanol–water partition coefficient (Wildman–Crippen LogP) is 5.36. The number of nitrogens with one attached hydrogen (secondary N) is 1. The van der Waals surface area contributed by atoms with Gasteiger partial charge in [0.2, 0.25) is 0 Å². The molecule has 0 saturated carbocycles. The second-order valence-electron chi connectivity index (χ2n) is 4.89. The third kappa shape index (κ3) is 3.63. The molecule has 0 radical (unpaired) electrons. The van der Waals surface area contributed by atoms with E-state index in [9.17, 15) is 0 Å². The van der Waals surface area contributed by atoms with Gasteiger partial charge in [-0.2, -0.15) is 0 Å². The van der Waals surface area contributed by atoms with Gasteiger partial charge in [-0.3, -0.25) is 0 Å². The maximum absolute atomic E-state index is 6.21. The summed E-state index contributed by atoms with van der Waals surface area (Å²) in [5, 5.41) is 4.12. The molecule has 0 heterocycles. The van der Waals surface area contributed by atoms with Gasteiger partial charge in [-0.15, -0.1) is 0 Å². The lowest BCUT2D eigenvalue weighted by molar-refractivity contribution is 0.690. The molecule has 0 spiro atoms. The lowest BCUT2D eigenvalue weighted by Crippen LogP contribution is -2.17. The second-order valence-corrected chi connectivity index (χ2v) is 6.15. The van der Waals surface area contributed by atoms with Crippen LogP contribution < -0.4 is 5.32 Å². The van der Waals surface area contributed by atoms with Crippen LogP contribution in [0.1, 0.15) is 36.1 Å². The van der Waals surface area contributed by atoms with Crippen molar-refractivity contribution in [2.75, 3.05) is 7.05 Å². The molecule has 0 aliphatic heterocycles. The molecule has 0 fully saturated rings. The zero-order chi connectivity index (χ0) is 14.5. The summed E-state index contributed by atoms with van der Waals surface area (Å²) in [6, 6.07) is 15.0. The molecule has 0 aliphatic carbocycles. The Balaban J connectivity index is 2.36. The molecule has 1 N–H and O–H groups in total. The lowest BCUT2D eigenvalue weighted by atomic mass is 9.96. The first-order valence-corrected chi connectivity index (χ1v) is 8.04. The molecule has 106 valence electrons. The van der Waals surface area contributed by atoms with E-state index in [1.807, 2.05) is 19.2 Å². The molecular formula is C17H19BrClN. The average Bonchev–Trinajstić information content (AvgIpc) is 2.44. The van der Waals surface area contributed by atoms with Gasteiger partial charge in [0.15, 0.2) is 0 Å². The predicted molar refractivity (Wildman–Crippen MR) is 90.5 cm³/mol. The van der Waals surface area contributed by atoms with Crippen LogP contribution in [0.5, 0.6) is 0 Å². The number of rotatable bonds is 5. The fraction of sp³-hybridized carbons (Fsp3) is 0.294. The van der Waals surface area contributed by atoms with E-state index in [0.29, 0.717) is 0 Å². The Bertz CT molecular complexity index is 583. The van der Waals surface area contributed by atoms with Crippen molar-refractivity contribution >= 4 is 27.5 Å². The number of hydrogen-bond donors (Lipinski definition) is 1. The van der Waals surface area contributed by atoms with Crippen molar-refractivity contribution in [2.24, 2.45) is 0 Å². The summed E-state index contributed by atoms with van der Waals surface area (Å²) in [6.45, 7) is 2.21. The zero-order valence-electron chi connectivity index (χ0n) is 11.8. The van der Waals surface area contributed by atoms with E-state index in [1.165, 1.54) is 16.7 Å². The van der Waals surface area contributed by atoms with Crippen LogP contribution in [0.25, 0.3) is 0 Å². The normalized spacial score (nSPS) is 12.4. The van der Waals surface area contributed by atoms with Crippen LogP contribution in [0.2, 0.25) is 5.02 Å². The van der Waals surface area contributed by atoms with Gasteiger partial charge in [0.1, 0.15) is 0 Å². The Morgan fingerprint density at radius 1 is 1.15 bits per heavy atom. The number of hydrogen-bond acceptors (Lipinski definition) is 1. The van der Waals surface area contributed by atoms with Crippen LogP contribution >= 0.6 is 27.5 Å². The first-order chi connectivity index (χ1) is 9.65. The molecule has 0 saturated heterocycles. The molecule has 2 rings (SSSR count). The molecule has 1 unspecified atom stereocenters. The summed E-state index contributed by atoms with van der Waals surface area (Å²) < 4.78 is 0.928. The summed E-state index contributed by atoms with van der Waals surface area (Å²) in [6.07, 6.45) is 2.28. The molecule has 2 aromatic rings. The third-order valence-corrected chi connectivity index (χ3v) is 4.62. The molecule has 0 aliphatic rings. The van der Waals surface area contributed by atoms with E-state index in [1.54, 1.807) is 0 Å². The van der Waals surface area contributed by atoms with Gasteiger partial charge in [0.05, 0.1) is 11.1 Å². The monoisotopic (exact) mass is 351 g/mol. The van der Waals surface area contributed by atoms with Crippen molar-refractivity contribution in [1.82, 2.24) is 5.32 Å². The van der Waals surface area contributed by atoms with Gasteiger partial charge in [0, 0.05) is 4.47 Å². The smallest absolute Gasteiger partial charge is 0.0574 e. The van der Waals surface area contributed by atoms with Crippen LogP contribution in [-0.2, 0) is 6.42 Å². The molecule has 0 aromatic heterocycles. The minimum atomic E-state index is 0.164. The average molecular weight is 353 g/mol. The van der Waals surface area contributed by atoms with Crippen LogP contribution in [0.3, 0.4) is 0 Å². The lowest BCUT2D eigenvalue weighted by Gasteiger charge is -2.18. The number of halogens is 2. The minimum absolute atomic E-state index is 0.164. The first kappa shape index (κ1) is 15.6. The number of benzene rings is 2. The maximum atomic E-state index is 6.21. The summed E-state index contributed by atoms with van der Waals surface area (Å²) in [5.41, 5.74) is 3.83. The molecule has 0 bridgehead atoms. The standard InChI is InChI=1S/C17H19BrClN/c1-3-5-12-6-4-7-13(10-12)17(20-2)14-8-9-15(18)16(19)11-14/h4,6-11,17,20H,3,5H2,1-2H3. The molecule has 3 heteroatoms. The largest absolute Gasteiger partial charge is 0.309 e. The van der Waals surface area contributed by atoms with Gasteiger partial charge in [-0.05, 0) is 58.2 Å². The van der Waals surface area contributed by atoms with Gasteiger partial charge < -0.3 is 5.32 Å². The topological polar surface area (TPSA) is 12.0 Å². The molecule has 0 amide bonds. The van der Waals surface area contributed by atoms with E-state index < -0.39 is 0 Å². The SMILES string of the molecule is CCCc1cccc(C(NC)c2ccc(Br)c(Cl)c2)c1. The van der Waals surface area contributed by atoms with Crippen LogP contribution in [-0.4, -0.2) is 7.05 Å². The summed E-state index contributed by atoms with van der Waals surface area (Å²) in [4.78, 5) is 0. The summed E-state index contributed by atoms with van der Waals surface area (Å²) in [7, 11) is 1.98. The Labute approximate surface area is 134 Å². The van der Waals surface area contributed by atoms with Crippen molar-refractivity contribution in [2.45, 2.75) is 25.8 Å². The van der Waals surface area contributed by atoms with E-state index in [4.69, 9.17) is 11.6 Å². The van der Waals surface area contributed by atoms with Crippen molar-refractivity contribution in [1.29, 1.82) is 0 Å². The fourth-order valence-electron chi connectivity index (χ4n) is 2.43. The highest BCUT2D eigenvalue weighted by atomic mass is 79.9. The highest BCUT2D eigenvalue weighted by Crippen LogP contribution is 2.29. The first-order valence-electron chi connectivity index (χ1n) is 6.86. The van der Waals surface area contributed by atoms with Crippen LogP contribution in [0.4, 0.5) is 0 Å². The van der Waals surface area contributed by atoms with Gasteiger partial charge in [-0.25, -0.2) is 0 Å². The van der Waals surface area contributed by atoms with Gasteiger partial charge in [-0.1, -0.05) is 55.3 Å².